The number of benzene rings is 3. The molecule has 140 valence electrons. The van der Waals surface area contributed by atoms with E-state index < -0.39 is 6.10 Å². The first-order valence-corrected chi connectivity index (χ1v) is 9.16. The first-order valence-electron chi connectivity index (χ1n) is 9.16. The fourth-order valence-corrected chi connectivity index (χ4v) is 2.84. The summed E-state index contributed by atoms with van der Waals surface area (Å²) in [6, 6.07) is 20.0. The highest BCUT2D eigenvalue weighted by molar-refractivity contribution is 5.84. The molecule has 4 nitrogen and oxygen atoms in total. The highest BCUT2D eigenvalue weighted by Crippen LogP contribution is 2.21. The maximum Gasteiger partial charge on any atom is 0.260 e. The number of carbonyl (C=O) groups excluding carboxylic acids is 1. The molecule has 3 aromatic rings. The minimum absolute atomic E-state index is 0.160. The van der Waals surface area contributed by atoms with E-state index >= 15 is 0 Å². The molecule has 0 heterocycles. The van der Waals surface area contributed by atoms with Crippen LogP contribution in [0.15, 0.2) is 60.7 Å². The number of nitrogens with one attached hydrogen (secondary N) is 1. The number of aryl methyl sites for hydroxylation is 2. The molecule has 3 rings (SSSR count). The number of hydrogen-bond acceptors (Lipinski definition) is 3. The molecule has 0 aromatic heterocycles. The Bertz CT molecular complexity index is 936. The Morgan fingerprint density at radius 2 is 1.78 bits per heavy atom. The summed E-state index contributed by atoms with van der Waals surface area (Å²) in [6.45, 7) is 6.62. The van der Waals surface area contributed by atoms with Crippen LogP contribution in [-0.2, 0) is 4.79 Å². The molecule has 1 amide bonds. The van der Waals surface area contributed by atoms with Gasteiger partial charge in [0, 0.05) is 0 Å². The molecule has 0 fully saturated rings. The van der Waals surface area contributed by atoms with Crippen molar-refractivity contribution < 1.29 is 14.3 Å². The van der Waals surface area contributed by atoms with Crippen molar-refractivity contribution in [1.29, 1.82) is 0 Å². The van der Waals surface area contributed by atoms with Crippen LogP contribution in [0.5, 0.6) is 11.5 Å². The van der Waals surface area contributed by atoms with Crippen LogP contribution >= 0.6 is 0 Å². The molecule has 0 spiro atoms. The summed E-state index contributed by atoms with van der Waals surface area (Å²) in [5.74, 6) is 1.38. The summed E-state index contributed by atoms with van der Waals surface area (Å²) >= 11 is 0. The average molecular weight is 363 g/mol. The summed E-state index contributed by atoms with van der Waals surface area (Å²) in [7, 11) is 0. The monoisotopic (exact) mass is 363 g/mol. The van der Waals surface area contributed by atoms with Gasteiger partial charge in [-0.15, -0.1) is 0 Å². The molecule has 4 heteroatoms. The van der Waals surface area contributed by atoms with Gasteiger partial charge in [-0.05, 0) is 60.9 Å². The Labute approximate surface area is 160 Å². The minimum Gasteiger partial charge on any atom is -0.491 e. The summed E-state index contributed by atoms with van der Waals surface area (Å²) in [4.78, 5) is 12.3. The van der Waals surface area contributed by atoms with Crippen LogP contribution in [0.3, 0.4) is 0 Å². The molecule has 0 saturated carbocycles. The van der Waals surface area contributed by atoms with E-state index in [1.807, 2.05) is 68.4 Å². The van der Waals surface area contributed by atoms with Crippen molar-refractivity contribution in [2.45, 2.75) is 26.9 Å². The quantitative estimate of drug-likeness (QED) is 0.632. The highest BCUT2D eigenvalue weighted by Gasteiger charge is 2.14. The standard InChI is InChI=1S/C23H25NO3/c1-16-8-9-17(2)22(14-16)26-13-12-24-23(25)18(3)27-21-11-10-19-6-4-5-7-20(19)15-21/h4-11,14-15,18H,12-13H2,1-3H3,(H,24,25). The van der Waals surface area contributed by atoms with Gasteiger partial charge >= 0.3 is 0 Å². The SMILES string of the molecule is Cc1ccc(C)c(OCCNC(=O)C(C)Oc2ccc3ccccc3c2)c1. The predicted octanol–water partition coefficient (Wildman–Crippen LogP) is 4.42. The molecular weight excluding hydrogens is 338 g/mol. The summed E-state index contributed by atoms with van der Waals surface area (Å²) in [5, 5.41) is 5.09. The largest absolute Gasteiger partial charge is 0.491 e. The van der Waals surface area contributed by atoms with E-state index in [4.69, 9.17) is 9.47 Å². The molecule has 0 radical (unpaired) electrons. The molecular formula is C23H25NO3. The zero-order valence-electron chi connectivity index (χ0n) is 16.0. The maximum absolute atomic E-state index is 12.3. The Hall–Kier alpha value is -3.01. The van der Waals surface area contributed by atoms with Crippen molar-refractivity contribution in [3.05, 3.63) is 71.8 Å². The van der Waals surface area contributed by atoms with Gasteiger partial charge in [0.15, 0.2) is 6.10 Å². The van der Waals surface area contributed by atoms with Gasteiger partial charge < -0.3 is 14.8 Å². The summed E-state index contributed by atoms with van der Waals surface area (Å²) in [5.41, 5.74) is 2.23. The second-order valence-electron chi connectivity index (χ2n) is 6.68. The van der Waals surface area contributed by atoms with Gasteiger partial charge in [-0.25, -0.2) is 0 Å². The second kappa shape index (κ2) is 8.58. The van der Waals surface area contributed by atoms with Crippen molar-refractivity contribution in [1.82, 2.24) is 5.32 Å². The Morgan fingerprint density at radius 1 is 1.00 bits per heavy atom. The fraction of sp³-hybridized carbons (Fsp3) is 0.261. The van der Waals surface area contributed by atoms with E-state index in [2.05, 4.69) is 11.4 Å². The lowest BCUT2D eigenvalue weighted by Gasteiger charge is -2.16. The van der Waals surface area contributed by atoms with Gasteiger partial charge in [0.1, 0.15) is 18.1 Å². The number of rotatable bonds is 7. The Kier molecular flexibility index (Phi) is 5.97. The van der Waals surface area contributed by atoms with E-state index in [0.717, 1.165) is 27.6 Å². The van der Waals surface area contributed by atoms with Crippen LogP contribution in [0.4, 0.5) is 0 Å². The number of fused-ring (bicyclic) bond motifs is 1. The summed E-state index contributed by atoms with van der Waals surface area (Å²) < 4.78 is 11.5. The first-order chi connectivity index (χ1) is 13.0. The number of ether oxygens (including phenoxy) is 2. The van der Waals surface area contributed by atoms with Crippen LogP contribution < -0.4 is 14.8 Å². The third-order valence-electron chi connectivity index (χ3n) is 4.41. The van der Waals surface area contributed by atoms with Crippen molar-refractivity contribution in [2.75, 3.05) is 13.2 Å². The highest BCUT2D eigenvalue weighted by atomic mass is 16.5. The lowest BCUT2D eigenvalue weighted by molar-refractivity contribution is -0.127. The number of carbonyl (C=O) groups is 1. The topological polar surface area (TPSA) is 47.6 Å². The minimum atomic E-state index is -0.577. The zero-order chi connectivity index (χ0) is 19.2. The van der Waals surface area contributed by atoms with E-state index in [1.54, 1.807) is 6.92 Å². The molecule has 1 atom stereocenters. The first kappa shape index (κ1) is 18.8. The fourth-order valence-electron chi connectivity index (χ4n) is 2.84. The molecule has 27 heavy (non-hydrogen) atoms. The van der Waals surface area contributed by atoms with E-state index in [0.29, 0.717) is 18.9 Å². The van der Waals surface area contributed by atoms with E-state index in [1.165, 1.54) is 0 Å². The van der Waals surface area contributed by atoms with Crippen LogP contribution in [-0.4, -0.2) is 25.2 Å². The zero-order valence-corrected chi connectivity index (χ0v) is 16.0. The van der Waals surface area contributed by atoms with Crippen molar-refractivity contribution in [3.63, 3.8) is 0 Å². The molecule has 1 N–H and O–H groups in total. The molecule has 0 saturated heterocycles. The van der Waals surface area contributed by atoms with Gasteiger partial charge in [0.2, 0.25) is 0 Å². The normalized spacial score (nSPS) is 11.8. The number of amides is 1. The van der Waals surface area contributed by atoms with Gasteiger partial charge in [0.25, 0.3) is 5.91 Å². The van der Waals surface area contributed by atoms with Gasteiger partial charge in [-0.2, -0.15) is 0 Å². The second-order valence-corrected chi connectivity index (χ2v) is 6.68. The molecule has 0 bridgehead atoms. The van der Waals surface area contributed by atoms with Crippen LogP contribution in [0, 0.1) is 13.8 Å². The smallest absolute Gasteiger partial charge is 0.260 e. The molecule has 0 aliphatic carbocycles. The van der Waals surface area contributed by atoms with E-state index in [-0.39, 0.29) is 5.91 Å². The predicted molar refractivity (Wildman–Crippen MR) is 108 cm³/mol. The molecule has 3 aromatic carbocycles. The van der Waals surface area contributed by atoms with Crippen molar-refractivity contribution in [2.24, 2.45) is 0 Å². The maximum atomic E-state index is 12.3. The molecule has 0 aliphatic rings. The third kappa shape index (κ3) is 5.00. The molecule has 1 unspecified atom stereocenters. The van der Waals surface area contributed by atoms with Crippen LogP contribution in [0.1, 0.15) is 18.1 Å². The van der Waals surface area contributed by atoms with Crippen LogP contribution in [0.25, 0.3) is 10.8 Å². The van der Waals surface area contributed by atoms with Crippen molar-refractivity contribution >= 4 is 16.7 Å². The summed E-state index contributed by atoms with van der Waals surface area (Å²) in [6.07, 6.45) is -0.577. The van der Waals surface area contributed by atoms with Gasteiger partial charge in [-0.1, -0.05) is 42.5 Å². The Balaban J connectivity index is 1.47. The lowest BCUT2D eigenvalue weighted by atomic mass is 10.1. The number of hydrogen-bond donors (Lipinski definition) is 1. The van der Waals surface area contributed by atoms with Gasteiger partial charge in [0.05, 0.1) is 6.54 Å². The third-order valence-corrected chi connectivity index (χ3v) is 4.41. The lowest BCUT2D eigenvalue weighted by Crippen LogP contribution is -2.38. The molecule has 0 aliphatic heterocycles. The average Bonchev–Trinajstić information content (AvgIpc) is 2.67. The van der Waals surface area contributed by atoms with E-state index in [9.17, 15) is 4.79 Å². The van der Waals surface area contributed by atoms with Crippen LogP contribution in [0.2, 0.25) is 0 Å². The van der Waals surface area contributed by atoms with Gasteiger partial charge in [-0.3, -0.25) is 4.79 Å². The van der Waals surface area contributed by atoms with Crippen molar-refractivity contribution in [3.8, 4) is 11.5 Å². The Morgan fingerprint density at radius 3 is 2.59 bits per heavy atom.